The van der Waals surface area contributed by atoms with Crippen LogP contribution in [-0.2, 0) is 23.9 Å². The average molecular weight is 371 g/mol. The molecule has 1 rings (SSSR count). The number of hydrogen-bond acceptors (Lipinski definition) is 6. The highest BCUT2D eigenvalue weighted by atomic mass is 79.9. The van der Waals surface area contributed by atoms with Crippen molar-refractivity contribution < 1.29 is 28.6 Å². The van der Waals surface area contributed by atoms with Crippen LogP contribution >= 0.6 is 15.9 Å². The summed E-state index contributed by atoms with van der Waals surface area (Å²) >= 11 is 3.26. The highest BCUT2D eigenvalue weighted by molar-refractivity contribution is 9.10. The second kappa shape index (κ2) is 8.99. The van der Waals surface area contributed by atoms with E-state index in [1.807, 2.05) is 0 Å². The first-order chi connectivity index (χ1) is 10.4. The Morgan fingerprint density at radius 3 is 2.32 bits per heavy atom. The van der Waals surface area contributed by atoms with Gasteiger partial charge in [0.2, 0.25) is 0 Å². The van der Waals surface area contributed by atoms with E-state index in [0.29, 0.717) is 5.75 Å². The van der Waals surface area contributed by atoms with Crippen molar-refractivity contribution in [1.82, 2.24) is 0 Å². The van der Waals surface area contributed by atoms with Gasteiger partial charge in [-0.1, -0.05) is 15.9 Å². The van der Waals surface area contributed by atoms with Gasteiger partial charge in [-0.15, -0.1) is 0 Å². The van der Waals surface area contributed by atoms with Gasteiger partial charge in [0, 0.05) is 16.6 Å². The van der Waals surface area contributed by atoms with Crippen molar-refractivity contribution in [3.05, 3.63) is 40.9 Å². The van der Waals surface area contributed by atoms with Crippen molar-refractivity contribution in [1.29, 1.82) is 0 Å². The molecule has 0 saturated carbocycles. The lowest BCUT2D eigenvalue weighted by Crippen LogP contribution is -2.27. The minimum absolute atomic E-state index is 0.203. The molecule has 7 heteroatoms. The van der Waals surface area contributed by atoms with Crippen molar-refractivity contribution in [3.8, 4) is 5.75 Å². The minimum Gasteiger partial charge on any atom is -0.463 e. The molecule has 0 spiro atoms. The summed E-state index contributed by atoms with van der Waals surface area (Å²) in [6.07, 6.45) is 0.711. The Morgan fingerprint density at radius 1 is 1.14 bits per heavy atom. The molecule has 0 radical (unpaired) electrons. The van der Waals surface area contributed by atoms with E-state index in [1.54, 1.807) is 31.2 Å². The topological polar surface area (TPSA) is 78.9 Å². The number of hydrogen-bond donors (Lipinski definition) is 0. The van der Waals surface area contributed by atoms with Gasteiger partial charge in [-0.05, 0) is 38.1 Å². The van der Waals surface area contributed by atoms with Crippen LogP contribution in [0.25, 0.3) is 0 Å². The van der Waals surface area contributed by atoms with Crippen LogP contribution in [0.15, 0.2) is 40.9 Å². The summed E-state index contributed by atoms with van der Waals surface area (Å²) in [5.41, 5.74) is 0. The first-order valence-corrected chi connectivity index (χ1v) is 7.24. The molecule has 0 aliphatic heterocycles. The number of halogens is 1. The summed E-state index contributed by atoms with van der Waals surface area (Å²) in [6.45, 7) is 3.22. The third-order valence-corrected chi connectivity index (χ3v) is 2.83. The molecular weight excluding hydrogens is 356 g/mol. The molecule has 6 nitrogen and oxygen atoms in total. The molecule has 0 aromatic heterocycles. The fourth-order valence-electron chi connectivity index (χ4n) is 1.29. The zero-order chi connectivity index (χ0) is 16.5. The van der Waals surface area contributed by atoms with Crippen LogP contribution in [-0.4, -0.2) is 30.6 Å². The molecule has 0 amide bonds. The maximum absolute atomic E-state index is 11.7. The third kappa shape index (κ3) is 6.53. The van der Waals surface area contributed by atoms with E-state index in [-0.39, 0.29) is 6.61 Å². The number of rotatable bonds is 6. The minimum atomic E-state index is -1.11. The smallest absolute Gasteiger partial charge is 0.352 e. The van der Waals surface area contributed by atoms with Gasteiger partial charge in [-0.2, -0.15) is 0 Å². The Bertz CT molecular complexity index is 564. The maximum atomic E-state index is 11.7. The SMILES string of the molecule is CCOC(=O)/C=C\C(=O)OC(C)C(=O)Oc1ccc(Br)cc1. The predicted molar refractivity (Wildman–Crippen MR) is 81.1 cm³/mol. The van der Waals surface area contributed by atoms with Gasteiger partial charge in [0.15, 0.2) is 6.10 Å². The molecule has 1 atom stereocenters. The fraction of sp³-hybridized carbons (Fsp3) is 0.267. The normalized spacial score (nSPS) is 11.8. The van der Waals surface area contributed by atoms with Gasteiger partial charge < -0.3 is 14.2 Å². The van der Waals surface area contributed by atoms with Gasteiger partial charge >= 0.3 is 17.9 Å². The van der Waals surface area contributed by atoms with E-state index < -0.39 is 24.0 Å². The molecule has 0 N–H and O–H groups in total. The zero-order valence-corrected chi connectivity index (χ0v) is 13.7. The van der Waals surface area contributed by atoms with Gasteiger partial charge in [0.25, 0.3) is 0 Å². The summed E-state index contributed by atoms with van der Waals surface area (Å²) in [5, 5.41) is 0. The van der Waals surface area contributed by atoms with Gasteiger partial charge in [0.05, 0.1) is 6.61 Å². The van der Waals surface area contributed by atoms with E-state index in [1.165, 1.54) is 6.92 Å². The molecule has 0 heterocycles. The second-order valence-corrected chi connectivity index (χ2v) is 4.96. The number of esters is 3. The largest absolute Gasteiger partial charge is 0.463 e. The molecule has 22 heavy (non-hydrogen) atoms. The molecule has 0 fully saturated rings. The van der Waals surface area contributed by atoms with Crippen molar-refractivity contribution >= 4 is 33.8 Å². The van der Waals surface area contributed by atoms with Crippen molar-refractivity contribution in [3.63, 3.8) is 0 Å². The number of carbonyl (C=O) groups excluding carboxylic acids is 3. The molecule has 0 bridgehead atoms. The monoisotopic (exact) mass is 370 g/mol. The molecular formula is C15H15BrO6. The van der Waals surface area contributed by atoms with E-state index in [2.05, 4.69) is 20.7 Å². The summed E-state index contributed by atoms with van der Waals surface area (Å²) < 4.78 is 15.3. The summed E-state index contributed by atoms with van der Waals surface area (Å²) in [6, 6.07) is 6.61. The summed E-state index contributed by atoms with van der Waals surface area (Å²) in [7, 11) is 0. The number of carbonyl (C=O) groups is 3. The quantitative estimate of drug-likeness (QED) is 0.434. The molecule has 1 unspecified atom stereocenters. The molecule has 1 aromatic carbocycles. The van der Waals surface area contributed by atoms with Gasteiger partial charge in [0.1, 0.15) is 5.75 Å². The van der Waals surface area contributed by atoms with E-state index in [4.69, 9.17) is 9.47 Å². The van der Waals surface area contributed by atoms with Crippen LogP contribution in [0.1, 0.15) is 13.8 Å². The van der Waals surface area contributed by atoms with Crippen molar-refractivity contribution in [2.24, 2.45) is 0 Å². The van der Waals surface area contributed by atoms with Crippen molar-refractivity contribution in [2.45, 2.75) is 20.0 Å². The van der Waals surface area contributed by atoms with Crippen LogP contribution in [0.4, 0.5) is 0 Å². The molecule has 0 aliphatic rings. The van der Waals surface area contributed by atoms with Crippen LogP contribution in [0.2, 0.25) is 0 Å². The molecule has 0 saturated heterocycles. The maximum Gasteiger partial charge on any atom is 0.352 e. The van der Waals surface area contributed by atoms with E-state index >= 15 is 0 Å². The summed E-state index contributed by atoms with van der Waals surface area (Å²) in [5.74, 6) is -1.89. The predicted octanol–water partition coefficient (Wildman–Crippen LogP) is 2.41. The Labute approximate surface area is 136 Å². The second-order valence-electron chi connectivity index (χ2n) is 4.04. The van der Waals surface area contributed by atoms with Gasteiger partial charge in [-0.25, -0.2) is 14.4 Å². The standard InChI is InChI=1S/C15H15BrO6/c1-3-20-13(17)8-9-14(18)21-10(2)15(19)22-12-6-4-11(16)5-7-12/h4-10H,3H2,1-2H3/b9-8-. The van der Waals surface area contributed by atoms with Crippen LogP contribution in [0.3, 0.4) is 0 Å². The number of ether oxygens (including phenoxy) is 3. The molecule has 1 aromatic rings. The van der Waals surface area contributed by atoms with Crippen LogP contribution in [0.5, 0.6) is 5.75 Å². The Hall–Kier alpha value is -2.15. The average Bonchev–Trinajstić information content (AvgIpc) is 2.47. The highest BCUT2D eigenvalue weighted by Crippen LogP contribution is 2.16. The summed E-state index contributed by atoms with van der Waals surface area (Å²) in [4.78, 5) is 34.2. The van der Waals surface area contributed by atoms with Crippen LogP contribution < -0.4 is 4.74 Å². The Morgan fingerprint density at radius 2 is 1.73 bits per heavy atom. The lowest BCUT2D eigenvalue weighted by molar-refractivity contribution is -0.157. The Balaban J connectivity index is 2.48. The lowest BCUT2D eigenvalue weighted by atomic mass is 10.3. The molecule has 0 aliphatic carbocycles. The molecule has 118 valence electrons. The van der Waals surface area contributed by atoms with Gasteiger partial charge in [-0.3, -0.25) is 0 Å². The number of benzene rings is 1. The van der Waals surface area contributed by atoms with E-state index in [9.17, 15) is 14.4 Å². The first-order valence-electron chi connectivity index (χ1n) is 6.45. The van der Waals surface area contributed by atoms with Crippen molar-refractivity contribution in [2.75, 3.05) is 6.61 Å². The third-order valence-electron chi connectivity index (χ3n) is 2.30. The lowest BCUT2D eigenvalue weighted by Gasteiger charge is -2.11. The first kappa shape index (κ1) is 17.9. The Kier molecular flexibility index (Phi) is 7.31. The van der Waals surface area contributed by atoms with E-state index in [0.717, 1.165) is 16.6 Å². The highest BCUT2D eigenvalue weighted by Gasteiger charge is 2.19. The zero-order valence-electron chi connectivity index (χ0n) is 12.1. The van der Waals surface area contributed by atoms with Crippen LogP contribution in [0, 0.1) is 0 Å². The fourth-order valence-corrected chi connectivity index (χ4v) is 1.55.